The van der Waals surface area contributed by atoms with Crippen molar-refractivity contribution in [3.05, 3.63) is 87.9 Å². The number of anilines is 1. The first-order valence-electron chi connectivity index (χ1n) is 12.6. The zero-order valence-electron chi connectivity index (χ0n) is 21.4. The summed E-state index contributed by atoms with van der Waals surface area (Å²) in [5, 5.41) is 0. The van der Waals surface area contributed by atoms with Crippen LogP contribution in [0, 0.1) is 12.7 Å². The predicted octanol–water partition coefficient (Wildman–Crippen LogP) is 5.67. The molecule has 3 heterocycles. The number of para-hydroxylation sites is 2. The molecule has 0 radical (unpaired) electrons. The largest absolute Gasteiger partial charge is 0.494 e. The topological polar surface area (TPSA) is 52.3 Å². The maximum Gasteiger partial charge on any atom is 0.329 e. The third kappa shape index (κ3) is 4.16. The number of benzene rings is 2. The van der Waals surface area contributed by atoms with Crippen molar-refractivity contribution in [2.75, 3.05) is 25.1 Å². The van der Waals surface area contributed by atoms with Crippen molar-refractivity contribution in [3.8, 4) is 5.75 Å². The van der Waals surface area contributed by atoms with E-state index >= 15 is 0 Å². The molecule has 2 aromatic heterocycles. The van der Waals surface area contributed by atoms with E-state index in [-0.39, 0.29) is 17.5 Å². The van der Waals surface area contributed by atoms with Crippen molar-refractivity contribution < 1.29 is 9.13 Å². The number of methoxy groups -OCH3 is 1. The van der Waals surface area contributed by atoms with E-state index in [2.05, 4.69) is 23.7 Å². The Balaban J connectivity index is 1.54. The maximum absolute atomic E-state index is 14.6. The van der Waals surface area contributed by atoms with Crippen LogP contribution in [0.3, 0.4) is 0 Å². The van der Waals surface area contributed by atoms with E-state index in [1.165, 1.54) is 11.6 Å². The summed E-state index contributed by atoms with van der Waals surface area (Å²) in [5.74, 6) is 0.808. The lowest BCUT2D eigenvalue weighted by Crippen LogP contribution is -2.38. The first kappa shape index (κ1) is 24.1. The molecule has 2 aromatic carbocycles. The van der Waals surface area contributed by atoms with Gasteiger partial charge in [0.15, 0.2) is 0 Å². The number of rotatable bonds is 6. The molecule has 1 fully saturated rings. The van der Waals surface area contributed by atoms with Gasteiger partial charge < -0.3 is 9.64 Å². The number of ether oxygens (including phenoxy) is 1. The Labute approximate surface area is 211 Å². The molecule has 0 amide bonds. The lowest BCUT2D eigenvalue weighted by atomic mass is 9.99. The minimum Gasteiger partial charge on any atom is -0.494 e. The molecule has 0 atom stereocenters. The molecule has 1 aliphatic rings. The Morgan fingerprint density at radius 3 is 2.56 bits per heavy atom. The Hall–Kier alpha value is -3.61. The van der Waals surface area contributed by atoms with E-state index in [1.54, 1.807) is 19.4 Å². The zero-order chi connectivity index (χ0) is 25.4. The fourth-order valence-corrected chi connectivity index (χ4v) is 5.64. The molecule has 5 rings (SSSR count). The number of piperidine rings is 1. The highest BCUT2D eigenvalue weighted by atomic mass is 19.1. The smallest absolute Gasteiger partial charge is 0.329 e. The monoisotopic (exact) mass is 488 g/mol. The van der Waals surface area contributed by atoms with Crippen molar-refractivity contribution in [2.45, 2.75) is 52.1 Å². The number of fused-ring (bicyclic) bond motifs is 1. The van der Waals surface area contributed by atoms with Gasteiger partial charge in [0.2, 0.25) is 0 Å². The molecule has 7 heteroatoms. The Bertz CT molecular complexity index is 1430. The first-order valence-corrected chi connectivity index (χ1v) is 12.6. The van der Waals surface area contributed by atoms with E-state index in [1.807, 2.05) is 52.6 Å². The molecule has 0 spiro atoms. The number of halogens is 1. The van der Waals surface area contributed by atoms with Crippen LogP contribution < -0.4 is 15.3 Å². The Morgan fingerprint density at radius 2 is 1.86 bits per heavy atom. The second-order valence-corrected chi connectivity index (χ2v) is 9.92. The van der Waals surface area contributed by atoms with Gasteiger partial charge in [-0.3, -0.25) is 14.1 Å². The summed E-state index contributed by atoms with van der Waals surface area (Å²) >= 11 is 0. The summed E-state index contributed by atoms with van der Waals surface area (Å²) in [5.41, 5.74) is 5.44. The van der Waals surface area contributed by atoms with Crippen molar-refractivity contribution in [1.82, 2.24) is 14.1 Å². The fourth-order valence-electron chi connectivity index (χ4n) is 5.64. The van der Waals surface area contributed by atoms with Gasteiger partial charge in [0.1, 0.15) is 17.1 Å². The predicted molar refractivity (Wildman–Crippen MR) is 142 cm³/mol. The maximum atomic E-state index is 14.6. The molecule has 0 aliphatic carbocycles. The highest BCUT2D eigenvalue weighted by Gasteiger charge is 2.28. The second kappa shape index (κ2) is 9.80. The molecular weight excluding hydrogens is 455 g/mol. The van der Waals surface area contributed by atoms with Gasteiger partial charge in [-0.15, -0.1) is 0 Å². The van der Waals surface area contributed by atoms with E-state index in [0.717, 1.165) is 35.0 Å². The lowest BCUT2D eigenvalue weighted by molar-refractivity contribution is 0.390. The van der Waals surface area contributed by atoms with Crippen molar-refractivity contribution in [1.29, 1.82) is 0 Å². The minimum absolute atomic E-state index is 0.0233. The average molecular weight is 489 g/mol. The molecule has 188 valence electrons. The van der Waals surface area contributed by atoms with Crippen LogP contribution in [-0.4, -0.2) is 34.3 Å². The summed E-state index contributed by atoms with van der Waals surface area (Å²) in [6, 6.07) is 13.1. The van der Waals surface area contributed by atoms with Crippen LogP contribution in [0.4, 0.5) is 10.1 Å². The Kier molecular flexibility index (Phi) is 6.56. The van der Waals surface area contributed by atoms with Gasteiger partial charge in [0.25, 0.3) is 0 Å². The van der Waals surface area contributed by atoms with Crippen LogP contribution in [0.5, 0.6) is 5.75 Å². The molecule has 6 nitrogen and oxygen atoms in total. The van der Waals surface area contributed by atoms with Crippen molar-refractivity contribution in [2.24, 2.45) is 0 Å². The normalized spacial score (nSPS) is 14.7. The highest BCUT2D eigenvalue weighted by Crippen LogP contribution is 2.34. The molecule has 1 aliphatic heterocycles. The van der Waals surface area contributed by atoms with E-state index in [4.69, 9.17) is 4.74 Å². The number of aromatic nitrogens is 3. The molecule has 0 saturated carbocycles. The summed E-state index contributed by atoms with van der Waals surface area (Å²) in [6.45, 7) is 8.05. The van der Waals surface area contributed by atoms with Gasteiger partial charge >= 0.3 is 5.69 Å². The highest BCUT2D eigenvalue weighted by molar-refractivity contribution is 5.83. The van der Waals surface area contributed by atoms with Crippen molar-refractivity contribution >= 4 is 16.7 Å². The number of nitrogens with zero attached hydrogens (tertiary/aromatic N) is 4. The first-order chi connectivity index (χ1) is 17.4. The van der Waals surface area contributed by atoms with Gasteiger partial charge in [0, 0.05) is 31.5 Å². The summed E-state index contributed by atoms with van der Waals surface area (Å²) in [7, 11) is 1.64. The van der Waals surface area contributed by atoms with E-state index in [0.29, 0.717) is 37.0 Å². The number of hydrogen-bond donors (Lipinski definition) is 0. The molecule has 1 saturated heterocycles. The van der Waals surface area contributed by atoms with E-state index in [9.17, 15) is 9.18 Å². The molecular formula is C29H33FN4O2. The van der Waals surface area contributed by atoms with Gasteiger partial charge in [-0.1, -0.05) is 32.0 Å². The number of hydrogen-bond acceptors (Lipinski definition) is 4. The molecule has 0 unspecified atom stereocenters. The zero-order valence-corrected chi connectivity index (χ0v) is 21.4. The number of pyridine rings is 1. The molecule has 4 aromatic rings. The third-order valence-corrected chi connectivity index (χ3v) is 7.39. The van der Waals surface area contributed by atoms with Crippen LogP contribution in [0.25, 0.3) is 11.0 Å². The van der Waals surface area contributed by atoms with E-state index < -0.39 is 0 Å². The molecule has 0 bridgehead atoms. The van der Waals surface area contributed by atoms with Crippen molar-refractivity contribution in [3.63, 3.8) is 0 Å². The average Bonchev–Trinajstić information content (AvgIpc) is 3.15. The quantitative estimate of drug-likeness (QED) is 0.351. The Morgan fingerprint density at radius 1 is 1.11 bits per heavy atom. The second-order valence-electron chi connectivity index (χ2n) is 9.92. The molecule has 0 N–H and O–H groups in total. The van der Waals surface area contributed by atoms with Crippen LogP contribution in [0.2, 0.25) is 0 Å². The fraction of sp³-hybridized carbons (Fsp3) is 0.379. The van der Waals surface area contributed by atoms with Gasteiger partial charge in [0.05, 0.1) is 24.9 Å². The summed E-state index contributed by atoms with van der Waals surface area (Å²) in [6.07, 6.45) is 5.18. The minimum atomic E-state index is -0.190. The molecule has 36 heavy (non-hydrogen) atoms. The van der Waals surface area contributed by atoms with Crippen LogP contribution in [0.1, 0.15) is 55.3 Å². The van der Waals surface area contributed by atoms with Gasteiger partial charge in [-0.25, -0.2) is 9.18 Å². The standard InChI is InChI=1S/C29H33FN4O2/c1-19(2)23-11-14-31-17-21(23)18-33-28-25(9-6-10-26(28)36-4)34(29(33)35)22-12-15-32(16-13-22)27-20(3)7-5-8-24(27)30/h5-11,14,17,19,22H,12-13,15-16,18H2,1-4H3. The summed E-state index contributed by atoms with van der Waals surface area (Å²) in [4.78, 5) is 20.4. The lowest BCUT2D eigenvalue weighted by Gasteiger charge is -2.35. The van der Waals surface area contributed by atoms with Crippen LogP contribution in [-0.2, 0) is 6.54 Å². The van der Waals surface area contributed by atoms with Crippen LogP contribution in [0.15, 0.2) is 59.7 Å². The number of aryl methyl sites for hydroxylation is 1. The summed E-state index contributed by atoms with van der Waals surface area (Å²) < 4.78 is 24.0. The van der Waals surface area contributed by atoms with Gasteiger partial charge in [-0.05, 0) is 66.6 Å². The third-order valence-electron chi connectivity index (χ3n) is 7.39. The van der Waals surface area contributed by atoms with Crippen LogP contribution >= 0.6 is 0 Å². The number of imidazole rings is 1. The van der Waals surface area contributed by atoms with Gasteiger partial charge in [-0.2, -0.15) is 0 Å². The SMILES string of the molecule is COc1cccc2c1n(Cc1cnccc1C(C)C)c(=O)n2C1CCN(c2c(C)cccc2F)CC1.